The van der Waals surface area contributed by atoms with Crippen LogP contribution in [0, 0.1) is 17.7 Å². The normalized spacial score (nSPS) is 18.7. The molecule has 0 aliphatic heterocycles. The maximum atomic E-state index is 14.6. The summed E-state index contributed by atoms with van der Waals surface area (Å²) in [7, 11) is 1.68. The number of hydrogen-bond donors (Lipinski definition) is 1. The molecule has 1 aromatic carbocycles. The smallest absolute Gasteiger partial charge is 0.222 e. The summed E-state index contributed by atoms with van der Waals surface area (Å²) in [5.41, 5.74) is 1.50. The molecule has 5 rings (SSSR count). The summed E-state index contributed by atoms with van der Waals surface area (Å²) in [4.78, 5) is 25.3. The van der Waals surface area contributed by atoms with E-state index in [1.165, 1.54) is 6.07 Å². The molecule has 1 aliphatic rings. The quantitative estimate of drug-likeness (QED) is 0.475. The highest BCUT2D eigenvalue weighted by Gasteiger charge is 2.30. The van der Waals surface area contributed by atoms with Gasteiger partial charge in [0.2, 0.25) is 5.91 Å². The number of rotatable bonds is 4. The van der Waals surface area contributed by atoms with Gasteiger partial charge >= 0.3 is 0 Å². The summed E-state index contributed by atoms with van der Waals surface area (Å²) in [5, 5.41) is 8.70. The van der Waals surface area contributed by atoms with Gasteiger partial charge in [-0.15, -0.1) is 0 Å². The number of benzene rings is 1. The minimum atomic E-state index is -0.409. The lowest BCUT2D eigenvalue weighted by molar-refractivity contribution is -0.124. The fourth-order valence-electron chi connectivity index (χ4n) is 4.40. The summed E-state index contributed by atoms with van der Waals surface area (Å²) < 4.78 is 16.9. The van der Waals surface area contributed by atoms with Gasteiger partial charge in [0.1, 0.15) is 15.9 Å². The van der Waals surface area contributed by atoms with Crippen molar-refractivity contribution in [2.75, 3.05) is 7.05 Å². The molecule has 158 valence electrons. The van der Waals surface area contributed by atoms with Crippen LogP contribution >= 0.6 is 15.9 Å². The lowest BCUT2D eigenvalue weighted by Gasteiger charge is -2.10. The molecule has 1 fully saturated rings. The predicted molar refractivity (Wildman–Crippen MR) is 118 cm³/mol. The number of aromatic nitrogens is 5. The number of hydrogen-bond acceptors (Lipinski definition) is 5. The largest absolute Gasteiger partial charge is 0.359 e. The number of nitrogens with zero attached hydrogens (tertiary/aromatic N) is 5. The highest BCUT2D eigenvalue weighted by Crippen LogP contribution is 2.33. The first kappa shape index (κ1) is 20.0. The zero-order valence-electron chi connectivity index (χ0n) is 16.8. The minimum Gasteiger partial charge on any atom is -0.359 e. The van der Waals surface area contributed by atoms with Gasteiger partial charge in [-0.3, -0.25) is 9.78 Å². The first-order chi connectivity index (χ1) is 15.0. The molecule has 3 heterocycles. The van der Waals surface area contributed by atoms with Crippen molar-refractivity contribution in [1.29, 1.82) is 0 Å². The van der Waals surface area contributed by atoms with Crippen LogP contribution in [0.1, 0.15) is 25.1 Å². The lowest BCUT2D eigenvalue weighted by atomic mass is 10.0. The number of carbonyl (C=O) groups excluding carboxylic acids is 1. The van der Waals surface area contributed by atoms with Gasteiger partial charge in [-0.2, -0.15) is 5.10 Å². The van der Waals surface area contributed by atoms with E-state index in [-0.39, 0.29) is 11.8 Å². The van der Waals surface area contributed by atoms with Crippen LogP contribution < -0.4 is 5.32 Å². The Bertz CT molecular complexity index is 1310. The molecule has 4 aromatic rings. The molecule has 2 atom stereocenters. The van der Waals surface area contributed by atoms with Gasteiger partial charge in [0.15, 0.2) is 11.5 Å². The van der Waals surface area contributed by atoms with Gasteiger partial charge in [0, 0.05) is 43.2 Å². The first-order valence-electron chi connectivity index (χ1n) is 10.2. The van der Waals surface area contributed by atoms with Crippen molar-refractivity contribution in [2.45, 2.75) is 25.7 Å². The molecule has 0 spiro atoms. The van der Waals surface area contributed by atoms with E-state index < -0.39 is 5.82 Å². The van der Waals surface area contributed by atoms with Crippen LogP contribution in [-0.2, 0) is 11.2 Å². The number of carbonyl (C=O) groups is 1. The van der Waals surface area contributed by atoms with Crippen molar-refractivity contribution in [3.63, 3.8) is 0 Å². The standard InChI is InChI=1S/C22H20BrFN6O/c1-25-22(31)14-5-4-12(7-14)8-18-27-11-16-20(23)29-30(21(16)28-18)15-9-13-3-2-6-26-19(13)17(24)10-15/h2-3,6,9-12,14H,4-5,7-8H2,1H3,(H,25,31)/t12-,14-/m1/s1. The fraction of sp³-hybridized carbons (Fsp3) is 0.318. The Morgan fingerprint density at radius 1 is 1.32 bits per heavy atom. The number of amides is 1. The summed E-state index contributed by atoms with van der Waals surface area (Å²) in [6.45, 7) is 0. The second-order valence-corrected chi connectivity index (χ2v) is 8.67. The van der Waals surface area contributed by atoms with E-state index in [1.807, 2.05) is 12.1 Å². The lowest BCUT2D eigenvalue weighted by Crippen LogP contribution is -2.25. The van der Waals surface area contributed by atoms with E-state index >= 15 is 0 Å². The van der Waals surface area contributed by atoms with Crippen LogP contribution in [0.4, 0.5) is 4.39 Å². The molecule has 1 N–H and O–H groups in total. The molecular formula is C22H20BrFN6O. The Morgan fingerprint density at radius 3 is 3.03 bits per heavy atom. The molecule has 3 aromatic heterocycles. The van der Waals surface area contributed by atoms with Crippen LogP contribution in [0.15, 0.2) is 41.3 Å². The van der Waals surface area contributed by atoms with Gasteiger partial charge < -0.3 is 5.32 Å². The van der Waals surface area contributed by atoms with Crippen molar-refractivity contribution < 1.29 is 9.18 Å². The van der Waals surface area contributed by atoms with E-state index in [4.69, 9.17) is 4.98 Å². The molecule has 31 heavy (non-hydrogen) atoms. The number of nitrogens with one attached hydrogen (secondary N) is 1. The van der Waals surface area contributed by atoms with E-state index in [9.17, 15) is 9.18 Å². The molecule has 9 heteroatoms. The summed E-state index contributed by atoms with van der Waals surface area (Å²) in [6, 6.07) is 6.85. The van der Waals surface area contributed by atoms with Crippen molar-refractivity contribution >= 4 is 43.8 Å². The molecule has 1 amide bonds. The first-order valence-corrected chi connectivity index (χ1v) is 11.0. The molecule has 1 saturated carbocycles. The second-order valence-electron chi connectivity index (χ2n) is 7.92. The van der Waals surface area contributed by atoms with Crippen molar-refractivity contribution in [1.82, 2.24) is 30.0 Å². The fourth-order valence-corrected chi connectivity index (χ4v) is 4.84. The van der Waals surface area contributed by atoms with E-state index in [2.05, 4.69) is 36.3 Å². The molecule has 0 saturated heterocycles. The zero-order chi connectivity index (χ0) is 21.5. The third-order valence-corrected chi connectivity index (χ3v) is 6.53. The maximum absolute atomic E-state index is 14.6. The molecule has 7 nitrogen and oxygen atoms in total. The topological polar surface area (TPSA) is 85.6 Å². The van der Waals surface area contributed by atoms with Gasteiger partial charge in [-0.25, -0.2) is 19.0 Å². The van der Waals surface area contributed by atoms with Crippen LogP contribution in [0.5, 0.6) is 0 Å². The molecule has 0 unspecified atom stereocenters. The number of halogens is 2. The number of pyridine rings is 1. The van der Waals surface area contributed by atoms with E-state index in [0.717, 1.165) is 24.6 Å². The Morgan fingerprint density at radius 2 is 2.19 bits per heavy atom. The van der Waals surface area contributed by atoms with Crippen molar-refractivity contribution in [3.8, 4) is 5.69 Å². The molecule has 0 bridgehead atoms. The highest BCUT2D eigenvalue weighted by atomic mass is 79.9. The monoisotopic (exact) mass is 482 g/mol. The highest BCUT2D eigenvalue weighted by molar-refractivity contribution is 9.10. The molecular weight excluding hydrogens is 463 g/mol. The van der Waals surface area contributed by atoms with Crippen molar-refractivity contribution in [3.05, 3.63) is 52.9 Å². The Hall–Kier alpha value is -2.94. The van der Waals surface area contributed by atoms with E-state index in [1.54, 1.807) is 30.2 Å². The average molecular weight is 483 g/mol. The van der Waals surface area contributed by atoms with Crippen molar-refractivity contribution in [2.24, 2.45) is 11.8 Å². The van der Waals surface area contributed by atoms with Gasteiger partial charge in [0.05, 0.1) is 11.1 Å². The van der Waals surface area contributed by atoms with E-state index in [0.29, 0.717) is 45.0 Å². The van der Waals surface area contributed by atoms with Gasteiger partial charge in [-0.1, -0.05) is 6.07 Å². The minimum absolute atomic E-state index is 0.0626. The summed E-state index contributed by atoms with van der Waals surface area (Å²) in [5.74, 6) is 0.824. The van der Waals surface area contributed by atoms with Crippen LogP contribution in [0.3, 0.4) is 0 Å². The zero-order valence-corrected chi connectivity index (χ0v) is 18.4. The second kappa shape index (κ2) is 7.96. The van der Waals surface area contributed by atoms with Crippen LogP contribution in [-0.4, -0.2) is 37.7 Å². The average Bonchev–Trinajstić information content (AvgIpc) is 3.37. The van der Waals surface area contributed by atoms with Gasteiger partial charge in [0.25, 0.3) is 0 Å². The summed E-state index contributed by atoms with van der Waals surface area (Å²) in [6.07, 6.45) is 6.72. The predicted octanol–water partition coefficient (Wildman–Crippen LogP) is 3.97. The maximum Gasteiger partial charge on any atom is 0.222 e. The SMILES string of the molecule is CNC(=O)[C@@H]1CC[C@@H](Cc2ncc3c(Br)nn(-c4cc(F)c5ncccc5c4)c3n2)C1. The Kier molecular flexibility index (Phi) is 5.13. The Labute approximate surface area is 186 Å². The third-order valence-electron chi connectivity index (χ3n) is 5.95. The van der Waals surface area contributed by atoms with Gasteiger partial charge in [-0.05, 0) is 53.2 Å². The third kappa shape index (κ3) is 3.67. The molecule has 0 radical (unpaired) electrons. The molecule has 1 aliphatic carbocycles. The van der Waals surface area contributed by atoms with Crippen LogP contribution in [0.25, 0.3) is 27.6 Å². The Balaban J connectivity index is 1.50. The summed E-state index contributed by atoms with van der Waals surface area (Å²) >= 11 is 3.47. The van der Waals surface area contributed by atoms with Crippen LogP contribution in [0.2, 0.25) is 0 Å². The number of fused-ring (bicyclic) bond motifs is 2.